The van der Waals surface area contributed by atoms with Crippen LogP contribution in [0.2, 0.25) is 0 Å². The number of benzene rings is 1. The Kier molecular flexibility index (Phi) is 4.83. The molecule has 0 aliphatic heterocycles. The van der Waals surface area contributed by atoms with Gasteiger partial charge in [-0.25, -0.2) is 0 Å². The average Bonchev–Trinajstić information content (AvgIpc) is 2.19. The zero-order chi connectivity index (χ0) is 10.2. The van der Waals surface area contributed by atoms with Gasteiger partial charge in [0.15, 0.2) is 0 Å². The maximum Gasteiger partial charge on any atom is 0.121 e. The molecule has 3 heteroatoms. The van der Waals surface area contributed by atoms with E-state index in [2.05, 4.69) is 5.32 Å². The molecule has 0 aromatic heterocycles. The summed E-state index contributed by atoms with van der Waals surface area (Å²) in [5.74, 6) is 0.845. The van der Waals surface area contributed by atoms with Crippen LogP contribution in [0.1, 0.15) is 13.3 Å². The minimum absolute atomic E-state index is 0.280. The highest BCUT2D eigenvalue weighted by Gasteiger charge is 1.94. The van der Waals surface area contributed by atoms with E-state index in [0.717, 1.165) is 11.4 Å². The first-order valence-electron chi connectivity index (χ1n) is 4.89. The predicted molar refractivity (Wildman–Crippen MR) is 56.7 cm³/mol. The molecule has 0 aliphatic carbocycles. The van der Waals surface area contributed by atoms with E-state index in [0.29, 0.717) is 19.6 Å². The van der Waals surface area contributed by atoms with Crippen molar-refractivity contribution in [2.45, 2.75) is 13.3 Å². The molecule has 14 heavy (non-hydrogen) atoms. The Balaban J connectivity index is 2.46. The number of anilines is 1. The van der Waals surface area contributed by atoms with Gasteiger partial charge in [0.1, 0.15) is 5.75 Å². The first-order chi connectivity index (χ1) is 6.86. The van der Waals surface area contributed by atoms with E-state index in [-0.39, 0.29) is 6.67 Å². The van der Waals surface area contributed by atoms with Gasteiger partial charge in [0.2, 0.25) is 0 Å². The molecule has 0 spiro atoms. The quantitative estimate of drug-likeness (QED) is 0.708. The van der Waals surface area contributed by atoms with Gasteiger partial charge in [-0.2, -0.15) is 0 Å². The second-order valence-corrected chi connectivity index (χ2v) is 2.93. The lowest BCUT2D eigenvalue weighted by Crippen LogP contribution is -2.02. The van der Waals surface area contributed by atoms with Crippen molar-refractivity contribution in [3.63, 3.8) is 0 Å². The third-order valence-corrected chi connectivity index (χ3v) is 1.78. The number of hydrogen-bond donors (Lipinski definition) is 1. The zero-order valence-corrected chi connectivity index (χ0v) is 8.42. The fourth-order valence-corrected chi connectivity index (χ4v) is 1.16. The Morgan fingerprint density at radius 3 is 3.00 bits per heavy atom. The maximum atomic E-state index is 11.8. The average molecular weight is 197 g/mol. The van der Waals surface area contributed by atoms with Crippen molar-refractivity contribution >= 4 is 5.69 Å². The largest absolute Gasteiger partial charge is 0.494 e. The van der Waals surface area contributed by atoms with Gasteiger partial charge in [0.25, 0.3) is 0 Å². The molecule has 0 unspecified atom stereocenters. The highest BCUT2D eigenvalue weighted by molar-refractivity contribution is 5.48. The highest BCUT2D eigenvalue weighted by atomic mass is 19.1. The van der Waals surface area contributed by atoms with E-state index in [1.54, 1.807) is 0 Å². The van der Waals surface area contributed by atoms with Gasteiger partial charge >= 0.3 is 0 Å². The van der Waals surface area contributed by atoms with E-state index >= 15 is 0 Å². The lowest BCUT2D eigenvalue weighted by Gasteiger charge is -2.07. The van der Waals surface area contributed by atoms with Gasteiger partial charge in [-0.3, -0.25) is 4.39 Å². The second kappa shape index (κ2) is 6.24. The Morgan fingerprint density at radius 1 is 1.43 bits per heavy atom. The van der Waals surface area contributed by atoms with Crippen LogP contribution in [0.4, 0.5) is 10.1 Å². The lowest BCUT2D eigenvalue weighted by molar-refractivity contribution is 0.340. The summed E-state index contributed by atoms with van der Waals surface area (Å²) in [5.41, 5.74) is 0.976. The SMILES string of the molecule is CCOc1cccc(NCCCF)c1. The molecule has 0 radical (unpaired) electrons. The summed E-state index contributed by atoms with van der Waals surface area (Å²) in [6, 6.07) is 7.69. The molecular weight excluding hydrogens is 181 g/mol. The number of hydrogen-bond acceptors (Lipinski definition) is 2. The fraction of sp³-hybridized carbons (Fsp3) is 0.455. The van der Waals surface area contributed by atoms with Gasteiger partial charge < -0.3 is 10.1 Å². The summed E-state index contributed by atoms with van der Waals surface area (Å²) >= 11 is 0. The molecule has 0 saturated carbocycles. The summed E-state index contributed by atoms with van der Waals surface area (Å²) in [7, 11) is 0. The molecule has 0 bridgehead atoms. The lowest BCUT2D eigenvalue weighted by atomic mass is 10.3. The normalized spacial score (nSPS) is 9.86. The molecule has 0 saturated heterocycles. The molecule has 0 aliphatic rings. The van der Waals surface area contributed by atoms with Gasteiger partial charge in [-0.15, -0.1) is 0 Å². The summed E-state index contributed by atoms with van der Waals surface area (Å²) < 4.78 is 17.2. The summed E-state index contributed by atoms with van der Waals surface area (Å²) in [5, 5.41) is 3.12. The summed E-state index contributed by atoms with van der Waals surface area (Å²) in [4.78, 5) is 0. The van der Waals surface area contributed by atoms with Crippen LogP contribution in [0.25, 0.3) is 0 Å². The van der Waals surface area contributed by atoms with Crippen LogP contribution >= 0.6 is 0 Å². The first-order valence-corrected chi connectivity index (χ1v) is 4.89. The molecule has 2 nitrogen and oxygen atoms in total. The van der Waals surface area contributed by atoms with Crippen molar-refractivity contribution in [1.29, 1.82) is 0 Å². The molecule has 78 valence electrons. The van der Waals surface area contributed by atoms with E-state index in [4.69, 9.17) is 4.74 Å². The van der Waals surface area contributed by atoms with Crippen molar-refractivity contribution in [3.8, 4) is 5.75 Å². The van der Waals surface area contributed by atoms with E-state index in [1.165, 1.54) is 0 Å². The monoisotopic (exact) mass is 197 g/mol. The van der Waals surface area contributed by atoms with Crippen LogP contribution in [0, 0.1) is 0 Å². The van der Waals surface area contributed by atoms with Crippen LogP contribution in [0.15, 0.2) is 24.3 Å². The number of alkyl halides is 1. The molecule has 0 atom stereocenters. The zero-order valence-electron chi connectivity index (χ0n) is 8.42. The van der Waals surface area contributed by atoms with Crippen molar-refractivity contribution < 1.29 is 9.13 Å². The van der Waals surface area contributed by atoms with Crippen LogP contribution in [0.5, 0.6) is 5.75 Å². The molecule has 1 rings (SSSR count). The first kappa shape index (κ1) is 10.8. The van der Waals surface area contributed by atoms with Crippen LogP contribution in [0.3, 0.4) is 0 Å². The number of halogens is 1. The summed E-state index contributed by atoms with van der Waals surface area (Å²) in [6.45, 7) is 2.99. The Morgan fingerprint density at radius 2 is 2.29 bits per heavy atom. The maximum absolute atomic E-state index is 11.8. The van der Waals surface area contributed by atoms with Crippen molar-refractivity contribution in [3.05, 3.63) is 24.3 Å². The molecule has 0 amide bonds. The molecule has 0 fully saturated rings. The van der Waals surface area contributed by atoms with E-state index in [9.17, 15) is 4.39 Å². The second-order valence-electron chi connectivity index (χ2n) is 2.93. The summed E-state index contributed by atoms with van der Waals surface area (Å²) in [6.07, 6.45) is 0.541. The minimum atomic E-state index is -0.280. The smallest absolute Gasteiger partial charge is 0.121 e. The van der Waals surface area contributed by atoms with Crippen LogP contribution < -0.4 is 10.1 Å². The molecular formula is C11H16FNO. The van der Waals surface area contributed by atoms with E-state index < -0.39 is 0 Å². The third-order valence-electron chi connectivity index (χ3n) is 1.78. The van der Waals surface area contributed by atoms with Gasteiger partial charge in [0.05, 0.1) is 13.3 Å². The Bertz CT molecular complexity index is 265. The standard InChI is InChI=1S/C11H16FNO/c1-2-14-11-6-3-5-10(9-11)13-8-4-7-12/h3,5-6,9,13H,2,4,7-8H2,1H3. The van der Waals surface area contributed by atoms with Gasteiger partial charge in [-0.05, 0) is 25.5 Å². The predicted octanol–water partition coefficient (Wildman–Crippen LogP) is 2.86. The van der Waals surface area contributed by atoms with Crippen molar-refractivity contribution in [1.82, 2.24) is 0 Å². The molecule has 1 aromatic carbocycles. The Labute approximate surface area is 84.1 Å². The van der Waals surface area contributed by atoms with Crippen LogP contribution in [-0.2, 0) is 0 Å². The third kappa shape index (κ3) is 3.64. The highest BCUT2D eigenvalue weighted by Crippen LogP contribution is 2.16. The Hall–Kier alpha value is -1.25. The molecule has 1 aromatic rings. The van der Waals surface area contributed by atoms with Crippen molar-refractivity contribution in [2.24, 2.45) is 0 Å². The van der Waals surface area contributed by atoms with Crippen LogP contribution in [-0.4, -0.2) is 19.8 Å². The number of rotatable bonds is 6. The topological polar surface area (TPSA) is 21.3 Å². The molecule has 1 N–H and O–H groups in total. The number of nitrogens with one attached hydrogen (secondary N) is 1. The fourth-order valence-electron chi connectivity index (χ4n) is 1.16. The van der Waals surface area contributed by atoms with Crippen molar-refractivity contribution in [2.75, 3.05) is 25.1 Å². The minimum Gasteiger partial charge on any atom is -0.494 e. The molecule has 0 heterocycles. The van der Waals surface area contributed by atoms with Gasteiger partial charge in [0, 0.05) is 18.3 Å². The number of ether oxygens (including phenoxy) is 1. The van der Waals surface area contributed by atoms with Gasteiger partial charge in [-0.1, -0.05) is 6.07 Å². The van der Waals surface area contributed by atoms with E-state index in [1.807, 2.05) is 31.2 Å².